The Morgan fingerprint density at radius 1 is 1.32 bits per heavy atom. The highest BCUT2D eigenvalue weighted by molar-refractivity contribution is 7.17. The lowest BCUT2D eigenvalue weighted by Gasteiger charge is -2.05. The van der Waals surface area contributed by atoms with Crippen molar-refractivity contribution in [2.45, 2.75) is 6.54 Å². The summed E-state index contributed by atoms with van der Waals surface area (Å²) in [6.07, 6.45) is 1.29. The third kappa shape index (κ3) is 3.02. The molecule has 0 radical (unpaired) electrons. The largest absolute Gasteiger partial charge is 0.375 e. The number of nitrogen functional groups attached to an aromatic ring is 1. The van der Waals surface area contributed by atoms with Gasteiger partial charge in [0.15, 0.2) is 22.6 Å². The maximum atomic E-state index is 12.9. The molecule has 0 aliphatic heterocycles. The van der Waals surface area contributed by atoms with Gasteiger partial charge in [0.25, 0.3) is 5.91 Å². The molecule has 0 atom stereocenters. The number of nitrogens with two attached hydrogens (primary N) is 1. The van der Waals surface area contributed by atoms with E-state index in [0.29, 0.717) is 0 Å². The maximum absolute atomic E-state index is 12.9. The number of aromatic nitrogens is 1. The van der Waals surface area contributed by atoms with Gasteiger partial charge in [0.1, 0.15) is 4.88 Å². The zero-order valence-corrected chi connectivity index (χ0v) is 10.2. The molecule has 4 nitrogen and oxygen atoms in total. The second-order valence-electron chi connectivity index (χ2n) is 3.62. The number of amides is 1. The number of benzene rings is 1. The average Bonchev–Trinajstić information content (AvgIpc) is 2.79. The number of hydrogen-bond acceptors (Lipinski definition) is 4. The van der Waals surface area contributed by atoms with Crippen LogP contribution in [0.3, 0.4) is 0 Å². The number of thiazole rings is 1. The first-order chi connectivity index (χ1) is 8.97. The van der Waals surface area contributed by atoms with Crippen molar-refractivity contribution in [3.05, 3.63) is 46.2 Å². The zero-order valence-electron chi connectivity index (χ0n) is 9.41. The molecule has 1 aromatic heterocycles. The minimum absolute atomic E-state index is 0.113. The van der Waals surface area contributed by atoms with E-state index in [1.54, 1.807) is 0 Å². The van der Waals surface area contributed by atoms with Gasteiger partial charge in [-0.3, -0.25) is 4.79 Å². The lowest BCUT2D eigenvalue weighted by atomic mass is 10.2. The minimum Gasteiger partial charge on any atom is -0.375 e. The molecule has 0 aliphatic carbocycles. The number of halogens is 3. The lowest BCUT2D eigenvalue weighted by Crippen LogP contribution is -2.22. The standard InChI is InChI=1S/C11H8F3N3OS/c12-6-1-5(2-7(13)9(6)14)3-16-10(18)8-4-17-11(15)19-8/h1-2,4H,3H2,(H2,15,17)(H,16,18). The summed E-state index contributed by atoms with van der Waals surface area (Å²) in [6.45, 7) is -0.134. The molecule has 2 rings (SSSR count). The number of carbonyl (C=O) groups excluding carboxylic acids is 1. The highest BCUT2D eigenvalue weighted by atomic mass is 32.1. The first-order valence-corrected chi connectivity index (χ1v) is 5.92. The van der Waals surface area contributed by atoms with Crippen LogP contribution in [-0.2, 0) is 6.54 Å². The topological polar surface area (TPSA) is 68.0 Å². The predicted octanol–water partition coefficient (Wildman–Crippen LogP) is 2.07. The van der Waals surface area contributed by atoms with Crippen LogP contribution < -0.4 is 11.1 Å². The van der Waals surface area contributed by atoms with Gasteiger partial charge in [-0.25, -0.2) is 18.2 Å². The smallest absolute Gasteiger partial charge is 0.263 e. The number of hydrogen-bond donors (Lipinski definition) is 2. The van der Waals surface area contributed by atoms with Crippen molar-refractivity contribution in [1.82, 2.24) is 10.3 Å². The van der Waals surface area contributed by atoms with E-state index < -0.39 is 23.4 Å². The molecule has 0 bridgehead atoms. The summed E-state index contributed by atoms with van der Waals surface area (Å²) in [4.78, 5) is 15.6. The second kappa shape index (κ2) is 5.27. The lowest BCUT2D eigenvalue weighted by molar-refractivity contribution is 0.0954. The van der Waals surface area contributed by atoms with E-state index >= 15 is 0 Å². The summed E-state index contributed by atoms with van der Waals surface area (Å²) < 4.78 is 38.6. The fraction of sp³-hybridized carbons (Fsp3) is 0.0909. The van der Waals surface area contributed by atoms with Crippen LogP contribution in [0.2, 0.25) is 0 Å². The molecule has 0 aliphatic rings. The molecule has 3 N–H and O–H groups in total. The summed E-state index contributed by atoms with van der Waals surface area (Å²) in [5, 5.41) is 2.66. The quantitative estimate of drug-likeness (QED) is 0.849. The van der Waals surface area contributed by atoms with E-state index in [1.807, 2.05) is 0 Å². The summed E-state index contributed by atoms with van der Waals surface area (Å²) in [5.41, 5.74) is 5.48. The van der Waals surface area contributed by atoms with E-state index in [4.69, 9.17) is 5.73 Å². The first-order valence-electron chi connectivity index (χ1n) is 5.10. The van der Waals surface area contributed by atoms with Crippen LogP contribution in [0.25, 0.3) is 0 Å². The van der Waals surface area contributed by atoms with Crippen molar-refractivity contribution >= 4 is 22.4 Å². The van der Waals surface area contributed by atoms with Gasteiger partial charge in [-0.05, 0) is 17.7 Å². The number of anilines is 1. The van der Waals surface area contributed by atoms with Crippen LogP contribution >= 0.6 is 11.3 Å². The molecule has 0 saturated heterocycles. The Morgan fingerprint density at radius 3 is 2.47 bits per heavy atom. The van der Waals surface area contributed by atoms with Crippen LogP contribution in [0.15, 0.2) is 18.3 Å². The van der Waals surface area contributed by atoms with Crippen molar-refractivity contribution in [3.8, 4) is 0 Å². The van der Waals surface area contributed by atoms with Gasteiger partial charge in [-0.1, -0.05) is 11.3 Å². The number of carbonyl (C=O) groups is 1. The molecular weight excluding hydrogens is 279 g/mol. The van der Waals surface area contributed by atoms with Crippen molar-refractivity contribution in [2.75, 3.05) is 5.73 Å². The predicted molar refractivity (Wildman–Crippen MR) is 64.0 cm³/mol. The fourth-order valence-electron chi connectivity index (χ4n) is 1.37. The van der Waals surface area contributed by atoms with Crippen LogP contribution in [0, 0.1) is 17.5 Å². The Morgan fingerprint density at radius 2 is 1.95 bits per heavy atom. The first kappa shape index (κ1) is 13.3. The molecular formula is C11H8F3N3OS. The molecule has 8 heteroatoms. The summed E-state index contributed by atoms with van der Waals surface area (Å²) in [6, 6.07) is 1.64. The summed E-state index contributed by atoms with van der Waals surface area (Å²) in [5.74, 6) is -4.61. The van der Waals surface area contributed by atoms with Crippen LogP contribution in [0.4, 0.5) is 18.3 Å². The molecule has 0 fully saturated rings. The van der Waals surface area contributed by atoms with Gasteiger partial charge in [-0.2, -0.15) is 0 Å². The van der Waals surface area contributed by atoms with E-state index in [9.17, 15) is 18.0 Å². The minimum atomic E-state index is -1.54. The van der Waals surface area contributed by atoms with E-state index in [2.05, 4.69) is 10.3 Å². The summed E-state index contributed by atoms with van der Waals surface area (Å²) in [7, 11) is 0. The third-order valence-corrected chi connectivity index (χ3v) is 3.07. The van der Waals surface area contributed by atoms with Gasteiger partial charge < -0.3 is 11.1 Å². The number of rotatable bonds is 3. The van der Waals surface area contributed by atoms with Crippen molar-refractivity contribution in [1.29, 1.82) is 0 Å². The Hall–Kier alpha value is -2.09. The average molecular weight is 287 g/mol. The second-order valence-corrected chi connectivity index (χ2v) is 4.68. The normalized spacial score (nSPS) is 10.5. The molecule has 2 aromatic rings. The maximum Gasteiger partial charge on any atom is 0.263 e. The van der Waals surface area contributed by atoms with Gasteiger partial charge in [0.05, 0.1) is 6.20 Å². The van der Waals surface area contributed by atoms with Crippen LogP contribution in [-0.4, -0.2) is 10.9 Å². The molecule has 1 aromatic carbocycles. The molecule has 0 spiro atoms. The third-order valence-electron chi connectivity index (χ3n) is 2.24. The SMILES string of the molecule is Nc1ncc(C(=O)NCc2cc(F)c(F)c(F)c2)s1. The van der Waals surface area contributed by atoms with E-state index in [-0.39, 0.29) is 22.1 Å². The highest BCUT2D eigenvalue weighted by Crippen LogP contribution is 2.15. The molecule has 1 amide bonds. The van der Waals surface area contributed by atoms with Crippen molar-refractivity contribution < 1.29 is 18.0 Å². The molecule has 19 heavy (non-hydrogen) atoms. The van der Waals surface area contributed by atoms with Crippen LogP contribution in [0.5, 0.6) is 0 Å². The monoisotopic (exact) mass is 287 g/mol. The van der Waals surface area contributed by atoms with Gasteiger partial charge in [0.2, 0.25) is 0 Å². The van der Waals surface area contributed by atoms with Crippen molar-refractivity contribution in [3.63, 3.8) is 0 Å². The van der Waals surface area contributed by atoms with E-state index in [0.717, 1.165) is 23.5 Å². The fourth-order valence-corrected chi connectivity index (χ4v) is 1.97. The Kier molecular flexibility index (Phi) is 3.70. The Balaban J connectivity index is 2.05. The Labute approximate surface area is 110 Å². The van der Waals surface area contributed by atoms with Gasteiger partial charge in [0, 0.05) is 6.54 Å². The molecule has 1 heterocycles. The number of nitrogens with one attached hydrogen (secondary N) is 1. The molecule has 0 unspecified atom stereocenters. The number of nitrogens with zero attached hydrogens (tertiary/aromatic N) is 1. The van der Waals surface area contributed by atoms with E-state index in [1.165, 1.54) is 6.20 Å². The van der Waals surface area contributed by atoms with Gasteiger partial charge >= 0.3 is 0 Å². The Bertz CT molecular complexity index is 606. The molecule has 0 saturated carbocycles. The van der Waals surface area contributed by atoms with Crippen molar-refractivity contribution in [2.24, 2.45) is 0 Å². The van der Waals surface area contributed by atoms with Crippen LogP contribution in [0.1, 0.15) is 15.2 Å². The molecule has 100 valence electrons. The van der Waals surface area contributed by atoms with Gasteiger partial charge in [-0.15, -0.1) is 0 Å². The highest BCUT2D eigenvalue weighted by Gasteiger charge is 2.12. The zero-order chi connectivity index (χ0) is 14.0. The summed E-state index contributed by atoms with van der Waals surface area (Å²) >= 11 is 0.986.